The molecule has 0 aliphatic carbocycles. The monoisotopic (exact) mass is 262 g/mol. The summed E-state index contributed by atoms with van der Waals surface area (Å²) in [7, 11) is 0. The number of carbonyl (C=O) groups excluding carboxylic acids is 1. The topological polar surface area (TPSA) is 63.0 Å². The number of nitrogens with zero attached hydrogens (tertiary/aromatic N) is 2. The minimum atomic E-state index is -0.249. The van der Waals surface area contributed by atoms with Crippen LogP contribution in [0, 0.1) is 25.2 Å². The van der Waals surface area contributed by atoms with Gasteiger partial charge in [-0.05, 0) is 32.4 Å². The van der Waals surface area contributed by atoms with E-state index < -0.39 is 0 Å². The number of aromatic nitrogens is 1. The second-order valence-corrected chi connectivity index (χ2v) is 5.65. The number of pyridine rings is 1. The van der Waals surface area contributed by atoms with Crippen LogP contribution in [0.2, 0.25) is 0 Å². The average molecular weight is 262 g/mol. The minimum absolute atomic E-state index is 0.0496. The van der Waals surface area contributed by atoms with Crippen LogP contribution in [-0.4, -0.2) is 22.3 Å². The Labute approximate surface area is 110 Å². The molecule has 1 aromatic rings. The molecule has 94 valence electrons. The van der Waals surface area contributed by atoms with Gasteiger partial charge in [-0.15, -0.1) is 0 Å². The van der Waals surface area contributed by atoms with Gasteiger partial charge in [-0.25, -0.2) is 4.98 Å². The summed E-state index contributed by atoms with van der Waals surface area (Å²) < 4.78 is 5.11. The van der Waals surface area contributed by atoms with E-state index in [-0.39, 0.29) is 17.3 Å². The lowest BCUT2D eigenvalue weighted by atomic mass is 10.1. The van der Waals surface area contributed by atoms with Crippen LogP contribution in [0.3, 0.4) is 0 Å². The minimum Gasteiger partial charge on any atom is -0.462 e. The molecule has 1 aliphatic rings. The summed E-state index contributed by atoms with van der Waals surface area (Å²) in [5.41, 5.74) is 2.30. The third kappa shape index (κ3) is 2.49. The zero-order chi connectivity index (χ0) is 13.3. The molecule has 0 saturated carbocycles. The number of aryl methyl sites for hydroxylation is 2. The Bertz CT molecular complexity index is 537. The van der Waals surface area contributed by atoms with Gasteiger partial charge in [0, 0.05) is 12.1 Å². The Balaban J connectivity index is 2.29. The van der Waals surface area contributed by atoms with Gasteiger partial charge in [0.1, 0.15) is 22.4 Å². The molecular formula is C13H14N2O2S. The summed E-state index contributed by atoms with van der Waals surface area (Å²) in [6.45, 7) is 5.64. The maximum atomic E-state index is 11.6. The molecule has 5 heteroatoms. The fourth-order valence-electron chi connectivity index (χ4n) is 1.97. The predicted octanol–water partition coefficient (Wildman–Crippen LogP) is 2.37. The highest BCUT2D eigenvalue weighted by Gasteiger charge is 2.33. The molecule has 0 spiro atoms. The summed E-state index contributed by atoms with van der Waals surface area (Å²) in [6.07, 6.45) is 0.620. The van der Waals surface area contributed by atoms with Crippen molar-refractivity contribution in [2.24, 2.45) is 0 Å². The molecule has 2 atom stereocenters. The smallest absolute Gasteiger partial charge is 0.319 e. The third-order valence-electron chi connectivity index (χ3n) is 2.80. The van der Waals surface area contributed by atoms with Gasteiger partial charge in [-0.3, -0.25) is 4.79 Å². The first kappa shape index (κ1) is 12.9. The Kier molecular flexibility index (Phi) is 3.58. The average Bonchev–Trinajstić information content (AvgIpc) is 2.57. The van der Waals surface area contributed by atoms with E-state index in [0.717, 1.165) is 11.3 Å². The van der Waals surface area contributed by atoms with E-state index in [2.05, 4.69) is 11.1 Å². The lowest BCUT2D eigenvalue weighted by Crippen LogP contribution is -2.10. The first-order valence-electron chi connectivity index (χ1n) is 5.76. The van der Waals surface area contributed by atoms with Crippen LogP contribution in [0.4, 0.5) is 0 Å². The molecule has 0 N–H and O–H groups in total. The van der Waals surface area contributed by atoms with E-state index in [1.807, 2.05) is 26.8 Å². The summed E-state index contributed by atoms with van der Waals surface area (Å²) in [5, 5.41) is 9.54. The van der Waals surface area contributed by atoms with E-state index in [9.17, 15) is 4.79 Å². The summed E-state index contributed by atoms with van der Waals surface area (Å²) in [4.78, 5) is 16.0. The van der Waals surface area contributed by atoms with Crippen molar-refractivity contribution in [2.45, 2.75) is 43.6 Å². The van der Waals surface area contributed by atoms with Gasteiger partial charge in [-0.1, -0.05) is 11.8 Å². The molecule has 0 radical (unpaired) electrons. The van der Waals surface area contributed by atoms with E-state index in [1.54, 1.807) is 0 Å². The molecule has 0 aromatic carbocycles. The van der Waals surface area contributed by atoms with E-state index in [0.29, 0.717) is 17.0 Å². The predicted molar refractivity (Wildman–Crippen MR) is 68.2 cm³/mol. The van der Waals surface area contributed by atoms with Crippen molar-refractivity contribution in [1.82, 2.24) is 4.98 Å². The maximum Gasteiger partial charge on any atom is 0.319 e. The van der Waals surface area contributed by atoms with Crippen molar-refractivity contribution in [2.75, 3.05) is 0 Å². The Morgan fingerprint density at radius 1 is 1.56 bits per heavy atom. The Morgan fingerprint density at radius 2 is 2.28 bits per heavy atom. The quantitative estimate of drug-likeness (QED) is 0.766. The van der Waals surface area contributed by atoms with Gasteiger partial charge in [-0.2, -0.15) is 5.26 Å². The van der Waals surface area contributed by atoms with Crippen LogP contribution in [0.25, 0.3) is 0 Å². The Hall–Kier alpha value is -1.54. The molecule has 2 heterocycles. The molecule has 0 unspecified atom stereocenters. The summed E-state index contributed by atoms with van der Waals surface area (Å²) in [6, 6.07) is 4.03. The largest absolute Gasteiger partial charge is 0.462 e. The number of nitriles is 1. The molecule has 18 heavy (non-hydrogen) atoms. The number of hydrogen-bond acceptors (Lipinski definition) is 5. The van der Waals surface area contributed by atoms with E-state index in [4.69, 9.17) is 10.00 Å². The van der Waals surface area contributed by atoms with Crippen LogP contribution < -0.4 is 0 Å². The van der Waals surface area contributed by atoms with Gasteiger partial charge in [0.15, 0.2) is 0 Å². The lowest BCUT2D eigenvalue weighted by molar-refractivity contribution is -0.140. The van der Waals surface area contributed by atoms with Gasteiger partial charge in [0.05, 0.1) is 5.56 Å². The van der Waals surface area contributed by atoms with Gasteiger partial charge in [0.2, 0.25) is 0 Å². The lowest BCUT2D eigenvalue weighted by Gasteiger charge is -2.09. The molecular weight excluding hydrogens is 248 g/mol. The van der Waals surface area contributed by atoms with Crippen molar-refractivity contribution in [3.05, 3.63) is 22.9 Å². The zero-order valence-electron chi connectivity index (χ0n) is 10.6. The van der Waals surface area contributed by atoms with Crippen molar-refractivity contribution in [1.29, 1.82) is 5.26 Å². The second kappa shape index (κ2) is 4.99. The Morgan fingerprint density at radius 3 is 2.83 bits per heavy atom. The third-order valence-corrected chi connectivity index (χ3v) is 3.99. The van der Waals surface area contributed by atoms with Crippen molar-refractivity contribution >= 4 is 17.7 Å². The summed E-state index contributed by atoms with van der Waals surface area (Å²) in [5.74, 6) is -0.211. The SMILES string of the molecule is Cc1cc(C)c(C#N)c(S[C@@H]2C[C@@H](C)OC2=O)n1. The molecule has 4 nitrogen and oxygen atoms in total. The number of cyclic esters (lactones) is 1. The maximum absolute atomic E-state index is 11.6. The van der Waals surface area contributed by atoms with Crippen LogP contribution in [0.15, 0.2) is 11.1 Å². The van der Waals surface area contributed by atoms with Crippen LogP contribution in [-0.2, 0) is 9.53 Å². The van der Waals surface area contributed by atoms with Gasteiger partial charge >= 0.3 is 5.97 Å². The standard InChI is InChI=1S/C13H14N2O2S/c1-7-4-8(2)15-12(10(7)6-14)18-11-5-9(3)17-13(11)16/h4,9,11H,5H2,1-3H3/t9-,11-/m1/s1. The highest BCUT2D eigenvalue weighted by molar-refractivity contribution is 8.00. The zero-order valence-corrected chi connectivity index (χ0v) is 11.4. The van der Waals surface area contributed by atoms with E-state index >= 15 is 0 Å². The first-order chi connectivity index (χ1) is 8.51. The van der Waals surface area contributed by atoms with Crippen molar-refractivity contribution in [3.8, 4) is 6.07 Å². The van der Waals surface area contributed by atoms with Crippen LogP contribution in [0.5, 0.6) is 0 Å². The molecule has 1 fully saturated rings. The van der Waals surface area contributed by atoms with E-state index in [1.165, 1.54) is 11.8 Å². The van der Waals surface area contributed by atoms with Crippen LogP contribution in [0.1, 0.15) is 30.2 Å². The highest BCUT2D eigenvalue weighted by atomic mass is 32.2. The molecule has 0 bridgehead atoms. The number of esters is 1. The highest BCUT2D eigenvalue weighted by Crippen LogP contribution is 2.33. The summed E-state index contributed by atoms with van der Waals surface area (Å²) >= 11 is 1.33. The van der Waals surface area contributed by atoms with Gasteiger partial charge in [0.25, 0.3) is 0 Å². The number of ether oxygens (including phenoxy) is 1. The first-order valence-corrected chi connectivity index (χ1v) is 6.64. The van der Waals surface area contributed by atoms with Gasteiger partial charge < -0.3 is 4.74 Å². The molecule has 2 rings (SSSR count). The fraction of sp³-hybridized carbons (Fsp3) is 0.462. The molecule has 1 saturated heterocycles. The number of thioether (sulfide) groups is 1. The number of carbonyl (C=O) groups is 1. The number of hydrogen-bond donors (Lipinski definition) is 0. The fourth-order valence-corrected chi connectivity index (χ4v) is 3.28. The second-order valence-electron chi connectivity index (χ2n) is 4.46. The van der Waals surface area contributed by atoms with Crippen molar-refractivity contribution < 1.29 is 9.53 Å². The number of rotatable bonds is 2. The molecule has 1 aromatic heterocycles. The normalized spacial score (nSPS) is 22.7. The molecule has 1 aliphatic heterocycles. The molecule has 0 amide bonds. The van der Waals surface area contributed by atoms with Crippen LogP contribution >= 0.6 is 11.8 Å². The van der Waals surface area contributed by atoms with Crippen molar-refractivity contribution in [3.63, 3.8) is 0 Å².